The van der Waals surface area contributed by atoms with Gasteiger partial charge in [0.2, 0.25) is 5.91 Å². The van der Waals surface area contributed by atoms with Crippen molar-refractivity contribution in [2.24, 2.45) is 10.7 Å². The molecule has 3 amide bonds. The molecule has 0 fully saturated rings. The van der Waals surface area contributed by atoms with E-state index in [-0.39, 0.29) is 5.91 Å². The number of nitrogens with two attached hydrogens (primary N) is 1. The zero-order chi connectivity index (χ0) is 20.9. The van der Waals surface area contributed by atoms with Gasteiger partial charge in [0.05, 0.1) is 12.0 Å². The maximum absolute atomic E-state index is 11.0. The van der Waals surface area contributed by atoms with Gasteiger partial charge < -0.3 is 21.3 Å². The zero-order valence-electron chi connectivity index (χ0n) is 15.0. The number of anilines is 1. The van der Waals surface area contributed by atoms with Crippen molar-refractivity contribution in [1.29, 1.82) is 0 Å². The first-order valence-electron chi connectivity index (χ1n) is 8.02. The fourth-order valence-corrected chi connectivity index (χ4v) is 3.71. The molecule has 0 saturated carbocycles. The van der Waals surface area contributed by atoms with E-state index in [2.05, 4.69) is 38.5 Å². The predicted octanol–water partition coefficient (Wildman–Crippen LogP) is 2.41. The third-order valence-electron chi connectivity index (χ3n) is 2.95. The summed E-state index contributed by atoms with van der Waals surface area (Å²) in [6.45, 7) is 2.02. The molecule has 2 rings (SSSR count). The van der Waals surface area contributed by atoms with Crippen LogP contribution >= 0.6 is 22.7 Å². The molecule has 6 N–H and O–H groups in total. The normalized spacial score (nSPS) is 10.2. The van der Waals surface area contributed by atoms with Crippen LogP contribution in [0.1, 0.15) is 22.4 Å². The average molecular weight is 428 g/mol. The summed E-state index contributed by atoms with van der Waals surface area (Å²) in [5.74, 6) is -0.111. The molecule has 0 aliphatic carbocycles. The van der Waals surface area contributed by atoms with E-state index in [1.165, 1.54) is 34.4 Å². The van der Waals surface area contributed by atoms with E-state index in [0.717, 1.165) is 25.0 Å². The zero-order valence-corrected chi connectivity index (χ0v) is 16.7. The van der Waals surface area contributed by atoms with Crippen LogP contribution in [-0.2, 0) is 24.1 Å². The van der Waals surface area contributed by atoms with Crippen LogP contribution in [-0.4, -0.2) is 46.2 Å². The van der Waals surface area contributed by atoms with E-state index >= 15 is 0 Å². The topological polar surface area (TPSA) is 167 Å². The predicted molar refractivity (Wildman–Crippen MR) is 109 cm³/mol. The van der Waals surface area contributed by atoms with Gasteiger partial charge in [-0.3, -0.25) is 15.1 Å². The lowest BCUT2D eigenvalue weighted by molar-refractivity contribution is -0.114. The third-order valence-corrected chi connectivity index (χ3v) is 4.96. The summed E-state index contributed by atoms with van der Waals surface area (Å²) in [7, 11) is 0. The Morgan fingerprint density at radius 2 is 1.86 bits per heavy atom. The second-order valence-electron chi connectivity index (χ2n) is 5.27. The van der Waals surface area contributed by atoms with E-state index in [0.29, 0.717) is 11.7 Å². The largest absolute Gasteiger partial charge is 0.465 e. The molecule has 28 heavy (non-hydrogen) atoms. The number of thiophene rings is 1. The van der Waals surface area contributed by atoms with E-state index < -0.39 is 12.2 Å². The van der Waals surface area contributed by atoms with Gasteiger partial charge in [-0.2, -0.15) is 0 Å². The lowest BCUT2D eigenvalue weighted by Crippen LogP contribution is -2.18. The molecule has 0 saturated heterocycles. The summed E-state index contributed by atoms with van der Waals surface area (Å²) in [5, 5.41) is 23.0. The Hall–Kier alpha value is -2.99. The van der Waals surface area contributed by atoms with Crippen LogP contribution < -0.4 is 16.4 Å². The Morgan fingerprint density at radius 1 is 1.21 bits per heavy atom. The molecule has 0 radical (unpaired) electrons. The number of nitrogens with zero attached hydrogens (tertiary/aromatic N) is 2. The number of hydrogen-bond acceptors (Lipinski definition) is 7. The highest BCUT2D eigenvalue weighted by Crippen LogP contribution is 2.21. The van der Waals surface area contributed by atoms with Crippen molar-refractivity contribution in [2.45, 2.75) is 26.2 Å². The molecule has 10 nitrogen and oxygen atoms in total. The second kappa shape index (κ2) is 12.4. The van der Waals surface area contributed by atoms with Crippen LogP contribution in [0.2, 0.25) is 0 Å². The highest BCUT2D eigenvalue weighted by molar-refractivity contribution is 7.14. The Bertz CT molecular complexity index is 814. The van der Waals surface area contributed by atoms with Crippen LogP contribution in [0.4, 0.5) is 14.7 Å². The van der Waals surface area contributed by atoms with Gasteiger partial charge in [-0.05, 0) is 25.0 Å². The monoisotopic (exact) mass is 427 g/mol. The molecule has 0 atom stereocenters. The van der Waals surface area contributed by atoms with E-state index in [9.17, 15) is 9.59 Å². The number of aryl methyl sites for hydroxylation is 2. The first kappa shape index (κ1) is 23.0. The summed E-state index contributed by atoms with van der Waals surface area (Å²) in [6, 6.07) is 4.17. The number of aromatic nitrogens is 1. The Kier molecular flexibility index (Phi) is 10.2. The second-order valence-corrected chi connectivity index (χ2v) is 7.38. The van der Waals surface area contributed by atoms with Gasteiger partial charge in [0, 0.05) is 35.0 Å². The van der Waals surface area contributed by atoms with Crippen molar-refractivity contribution in [3.63, 3.8) is 0 Å². The van der Waals surface area contributed by atoms with Crippen LogP contribution in [0.25, 0.3) is 0 Å². The molecule has 0 bridgehead atoms. The highest BCUT2D eigenvalue weighted by Gasteiger charge is 2.05. The molecule has 152 valence electrons. The van der Waals surface area contributed by atoms with Crippen molar-refractivity contribution in [1.82, 2.24) is 10.3 Å². The molecular weight excluding hydrogens is 406 g/mol. The van der Waals surface area contributed by atoms with Gasteiger partial charge in [-0.25, -0.2) is 14.6 Å². The van der Waals surface area contributed by atoms with E-state index in [4.69, 9.17) is 15.0 Å². The summed E-state index contributed by atoms with van der Waals surface area (Å²) in [5.41, 5.74) is 5.00. The van der Waals surface area contributed by atoms with Gasteiger partial charge in [-0.1, -0.05) is 0 Å². The van der Waals surface area contributed by atoms with E-state index in [1.54, 1.807) is 11.3 Å². The third kappa shape index (κ3) is 10.9. The summed E-state index contributed by atoms with van der Waals surface area (Å²) in [4.78, 5) is 40.9. The quantitative estimate of drug-likeness (QED) is 0.320. The highest BCUT2D eigenvalue weighted by atomic mass is 32.1. The summed E-state index contributed by atoms with van der Waals surface area (Å²) >= 11 is 3.16. The van der Waals surface area contributed by atoms with Crippen molar-refractivity contribution in [3.05, 3.63) is 33.0 Å². The number of thiazole rings is 1. The number of nitrogens with one attached hydrogen (secondary N) is 2. The molecule has 12 heteroatoms. The molecule has 2 aromatic heterocycles. The van der Waals surface area contributed by atoms with Crippen LogP contribution in [0.3, 0.4) is 0 Å². The van der Waals surface area contributed by atoms with Crippen molar-refractivity contribution < 1.29 is 24.6 Å². The number of amides is 3. The molecule has 2 aromatic rings. The smallest absolute Gasteiger partial charge is 0.409 e. The number of carbonyl (C=O) groups is 3. The first-order valence-corrected chi connectivity index (χ1v) is 9.71. The Morgan fingerprint density at radius 3 is 2.46 bits per heavy atom. The Balaban J connectivity index is 0.000000892. The standard InChI is InChI=1S/C15H18N4O3S2.CH3NO2/c1-10(20)18-14-19-11(8-23-14)2-3-12-4-5-13(24-12)6-7-16-9-17-15(21)22;2-1(3)4/h4-5,8-9H,2-3,6-7H2,1H3,(H,16,17)(H,21,22)(H,18,19,20);2H2,(H,3,4). The molecule has 2 heterocycles. The summed E-state index contributed by atoms with van der Waals surface area (Å²) in [6.07, 6.45) is 1.27. The summed E-state index contributed by atoms with van der Waals surface area (Å²) < 4.78 is 0. The lowest BCUT2D eigenvalue weighted by atomic mass is 10.2. The minimum Gasteiger partial charge on any atom is -0.465 e. The van der Waals surface area contributed by atoms with Crippen molar-refractivity contribution >= 4 is 52.2 Å². The van der Waals surface area contributed by atoms with E-state index in [1.807, 2.05) is 5.38 Å². The molecule has 0 aliphatic heterocycles. The van der Waals surface area contributed by atoms with Gasteiger partial charge in [0.15, 0.2) is 5.13 Å². The van der Waals surface area contributed by atoms with Crippen molar-refractivity contribution in [3.8, 4) is 0 Å². The van der Waals surface area contributed by atoms with Gasteiger partial charge in [0.25, 0.3) is 0 Å². The van der Waals surface area contributed by atoms with Gasteiger partial charge in [-0.15, -0.1) is 22.7 Å². The Labute approximate surface area is 169 Å². The van der Waals surface area contributed by atoms with Gasteiger partial charge >= 0.3 is 12.2 Å². The van der Waals surface area contributed by atoms with Crippen LogP contribution in [0, 0.1) is 0 Å². The number of primary amides is 1. The van der Waals surface area contributed by atoms with Gasteiger partial charge in [0.1, 0.15) is 0 Å². The fourth-order valence-electron chi connectivity index (χ4n) is 1.91. The molecule has 0 aliphatic rings. The lowest BCUT2D eigenvalue weighted by Gasteiger charge is -1.96. The molecule has 0 spiro atoms. The number of aliphatic imine (C=N–C) groups is 1. The van der Waals surface area contributed by atoms with Crippen LogP contribution in [0.15, 0.2) is 22.5 Å². The average Bonchev–Trinajstić information content (AvgIpc) is 3.20. The number of carbonyl (C=O) groups excluding carboxylic acids is 1. The van der Waals surface area contributed by atoms with Crippen molar-refractivity contribution in [2.75, 3.05) is 11.9 Å². The molecule has 0 aromatic carbocycles. The minimum atomic E-state index is -1.33. The first-order chi connectivity index (χ1) is 13.3. The number of rotatable bonds is 8. The minimum absolute atomic E-state index is 0.111. The molecule has 0 unspecified atom stereocenters. The number of carboxylic acid groups (broad SMARTS) is 2. The number of hydrogen-bond donors (Lipinski definition) is 5. The fraction of sp³-hybridized carbons (Fsp3) is 0.312. The molecular formula is C16H21N5O5S2. The maximum atomic E-state index is 11.0. The SMILES string of the molecule is CC(=O)Nc1nc(CCc2ccc(CCN=CNC(=O)O)s2)cs1.NC(=O)O. The van der Waals surface area contributed by atoms with Crippen LogP contribution in [0.5, 0.6) is 0 Å². The maximum Gasteiger partial charge on any atom is 0.409 e.